The third kappa shape index (κ3) is 3.26. The molecule has 8 heteroatoms. The lowest BCUT2D eigenvalue weighted by Gasteiger charge is -2.12. The number of nitrogens with one attached hydrogen (secondary N) is 1. The van der Waals surface area contributed by atoms with Crippen LogP contribution in [0.5, 0.6) is 0 Å². The van der Waals surface area contributed by atoms with E-state index in [2.05, 4.69) is 26.5 Å². The lowest BCUT2D eigenvalue weighted by molar-refractivity contribution is 0.856. The van der Waals surface area contributed by atoms with E-state index in [1.807, 2.05) is 44.2 Å². The molecule has 4 aromatic rings. The molecule has 7 nitrogen and oxygen atoms in total. The molecule has 0 aliphatic heterocycles. The van der Waals surface area contributed by atoms with E-state index in [-0.39, 0.29) is 0 Å². The normalized spacial score (nSPS) is 10.8. The number of anilines is 2. The van der Waals surface area contributed by atoms with E-state index < -0.39 is 0 Å². The van der Waals surface area contributed by atoms with Crippen LogP contribution in [0, 0.1) is 18.3 Å². The average molecular weight is 390 g/mol. The minimum atomic E-state index is 0.332. The van der Waals surface area contributed by atoms with Gasteiger partial charge in [0.2, 0.25) is 0 Å². The molecule has 0 bridgehead atoms. The number of aromatic nitrogens is 5. The molecule has 0 unspecified atom stereocenters. The second-order valence-corrected chi connectivity index (χ2v) is 6.60. The molecule has 0 aliphatic carbocycles. The van der Waals surface area contributed by atoms with Crippen molar-refractivity contribution in [3.63, 3.8) is 0 Å². The Balaban J connectivity index is 1.84. The average Bonchev–Trinajstić information content (AvgIpc) is 3.10. The molecule has 0 atom stereocenters. The summed E-state index contributed by atoms with van der Waals surface area (Å²) in [5.74, 6) is 2.18. The molecular weight excluding hydrogens is 374 g/mol. The lowest BCUT2D eigenvalue weighted by atomic mass is 10.1. The molecule has 3 aromatic heterocycles. The second-order valence-electron chi connectivity index (χ2n) is 6.22. The highest BCUT2D eigenvalue weighted by Crippen LogP contribution is 2.26. The number of nitrogens with zero attached hydrogens (tertiary/aromatic N) is 6. The number of benzene rings is 1. The number of halogens is 1. The molecule has 0 amide bonds. The van der Waals surface area contributed by atoms with Gasteiger partial charge in [-0.15, -0.1) is 0 Å². The van der Waals surface area contributed by atoms with E-state index in [1.54, 1.807) is 10.7 Å². The zero-order valence-corrected chi connectivity index (χ0v) is 16.1. The molecule has 138 valence electrons. The topological polar surface area (TPSA) is 92.3 Å². The van der Waals surface area contributed by atoms with Crippen molar-refractivity contribution >= 4 is 34.1 Å². The first-order chi connectivity index (χ1) is 13.6. The van der Waals surface area contributed by atoms with Crippen LogP contribution in [0.4, 0.5) is 11.6 Å². The smallest absolute Gasteiger partial charge is 0.156 e. The summed E-state index contributed by atoms with van der Waals surface area (Å²) in [4.78, 5) is 13.3. The zero-order valence-electron chi connectivity index (χ0n) is 15.3. The number of fused-ring (bicyclic) bond motifs is 1. The number of hydrogen-bond acceptors (Lipinski definition) is 6. The van der Waals surface area contributed by atoms with Crippen molar-refractivity contribution in [2.45, 2.75) is 20.3 Å². The molecule has 3 heterocycles. The number of para-hydroxylation sites is 1. The van der Waals surface area contributed by atoms with Crippen LogP contribution in [0.3, 0.4) is 0 Å². The highest BCUT2D eigenvalue weighted by Gasteiger charge is 2.16. The van der Waals surface area contributed by atoms with Gasteiger partial charge < -0.3 is 5.32 Å². The van der Waals surface area contributed by atoms with Gasteiger partial charge in [-0.1, -0.05) is 36.7 Å². The molecular formula is C20H16ClN7. The second kappa shape index (κ2) is 7.25. The molecule has 1 N–H and O–H groups in total. The first kappa shape index (κ1) is 17.9. The summed E-state index contributed by atoms with van der Waals surface area (Å²) in [5.41, 5.74) is 2.30. The van der Waals surface area contributed by atoms with Gasteiger partial charge in [0.15, 0.2) is 11.6 Å². The largest absolute Gasteiger partial charge is 0.324 e. The van der Waals surface area contributed by atoms with E-state index in [4.69, 9.17) is 16.6 Å². The molecule has 0 fully saturated rings. The summed E-state index contributed by atoms with van der Waals surface area (Å²) in [6.07, 6.45) is 2.14. The maximum atomic E-state index is 9.52. The van der Waals surface area contributed by atoms with Gasteiger partial charge in [0.05, 0.1) is 11.7 Å². The summed E-state index contributed by atoms with van der Waals surface area (Å²) in [6, 6.07) is 13.6. The Morgan fingerprint density at radius 3 is 2.79 bits per heavy atom. The molecule has 0 aliphatic rings. The molecule has 0 saturated carbocycles. The van der Waals surface area contributed by atoms with E-state index in [0.717, 1.165) is 16.5 Å². The third-order valence-electron chi connectivity index (χ3n) is 4.32. The minimum Gasteiger partial charge on any atom is -0.324 e. The number of pyridine rings is 1. The Bertz CT molecular complexity index is 1220. The van der Waals surface area contributed by atoms with Gasteiger partial charge in [0, 0.05) is 17.9 Å². The summed E-state index contributed by atoms with van der Waals surface area (Å²) in [6.45, 7) is 3.97. The number of hydrogen-bond donors (Lipinski definition) is 1. The summed E-state index contributed by atoms with van der Waals surface area (Å²) in [7, 11) is 0. The molecule has 4 rings (SSSR count). The van der Waals surface area contributed by atoms with Crippen molar-refractivity contribution in [2.75, 3.05) is 5.32 Å². The number of rotatable bonds is 4. The SMILES string of the molecule is CCc1nc(Cl)cc(Nc2c(C#N)cnn2-c2cc(C)c3ccccc3n2)n1. The number of aryl methyl sites for hydroxylation is 2. The zero-order chi connectivity index (χ0) is 19.7. The van der Waals surface area contributed by atoms with Crippen LogP contribution in [0.2, 0.25) is 5.15 Å². The van der Waals surface area contributed by atoms with Gasteiger partial charge in [-0.05, 0) is 24.6 Å². The van der Waals surface area contributed by atoms with Crippen molar-refractivity contribution in [2.24, 2.45) is 0 Å². The van der Waals surface area contributed by atoms with Gasteiger partial charge in [-0.25, -0.2) is 15.0 Å². The van der Waals surface area contributed by atoms with Gasteiger partial charge in [0.1, 0.15) is 28.4 Å². The summed E-state index contributed by atoms with van der Waals surface area (Å²) < 4.78 is 1.60. The van der Waals surface area contributed by atoms with E-state index in [0.29, 0.717) is 40.4 Å². The van der Waals surface area contributed by atoms with Crippen molar-refractivity contribution in [3.05, 3.63) is 64.7 Å². The van der Waals surface area contributed by atoms with E-state index in [9.17, 15) is 5.26 Å². The third-order valence-corrected chi connectivity index (χ3v) is 4.51. The standard InChI is InChI=1S/C20H16ClN7/c1-3-17-25-16(21)9-18(26-17)27-20-13(10-22)11-23-28(20)19-8-12(2)14-6-4-5-7-15(14)24-19/h4-9,11H,3H2,1-2H3,(H,25,26,27). The predicted octanol–water partition coefficient (Wildman–Crippen LogP) is 4.35. The maximum absolute atomic E-state index is 9.52. The van der Waals surface area contributed by atoms with Gasteiger partial charge in [-0.2, -0.15) is 15.0 Å². The van der Waals surface area contributed by atoms with Gasteiger partial charge >= 0.3 is 0 Å². The molecule has 28 heavy (non-hydrogen) atoms. The Kier molecular flexibility index (Phi) is 4.63. The van der Waals surface area contributed by atoms with Crippen molar-refractivity contribution in [1.29, 1.82) is 5.26 Å². The predicted molar refractivity (Wildman–Crippen MR) is 108 cm³/mol. The quantitative estimate of drug-likeness (QED) is 0.521. The summed E-state index contributed by atoms with van der Waals surface area (Å²) in [5, 5.41) is 18.4. The lowest BCUT2D eigenvalue weighted by Crippen LogP contribution is -2.08. The van der Waals surface area contributed by atoms with E-state index in [1.165, 1.54) is 6.20 Å². The molecule has 0 saturated heterocycles. The monoisotopic (exact) mass is 389 g/mol. The number of nitriles is 1. The highest BCUT2D eigenvalue weighted by atomic mass is 35.5. The van der Waals surface area contributed by atoms with Crippen LogP contribution in [0.25, 0.3) is 16.7 Å². The molecule has 1 aromatic carbocycles. The minimum absolute atomic E-state index is 0.332. The summed E-state index contributed by atoms with van der Waals surface area (Å²) >= 11 is 6.09. The Labute approximate surface area is 166 Å². The molecule has 0 spiro atoms. The van der Waals surface area contributed by atoms with Crippen LogP contribution < -0.4 is 5.32 Å². The van der Waals surface area contributed by atoms with Crippen molar-refractivity contribution in [3.8, 4) is 11.9 Å². The van der Waals surface area contributed by atoms with Crippen LogP contribution in [-0.4, -0.2) is 24.7 Å². The van der Waals surface area contributed by atoms with Crippen LogP contribution in [-0.2, 0) is 6.42 Å². The Hall–Kier alpha value is -3.50. The maximum Gasteiger partial charge on any atom is 0.156 e. The van der Waals surface area contributed by atoms with E-state index >= 15 is 0 Å². The van der Waals surface area contributed by atoms with Crippen LogP contribution in [0.15, 0.2) is 42.6 Å². The Morgan fingerprint density at radius 1 is 1.18 bits per heavy atom. The Morgan fingerprint density at radius 2 is 2.00 bits per heavy atom. The van der Waals surface area contributed by atoms with Gasteiger partial charge in [0.25, 0.3) is 0 Å². The molecule has 0 radical (unpaired) electrons. The highest BCUT2D eigenvalue weighted by molar-refractivity contribution is 6.29. The fraction of sp³-hybridized carbons (Fsp3) is 0.150. The fourth-order valence-corrected chi connectivity index (χ4v) is 3.17. The van der Waals surface area contributed by atoms with Crippen molar-refractivity contribution in [1.82, 2.24) is 24.7 Å². The first-order valence-corrected chi connectivity index (χ1v) is 9.12. The van der Waals surface area contributed by atoms with Gasteiger partial charge in [-0.3, -0.25) is 0 Å². The van der Waals surface area contributed by atoms with Crippen LogP contribution >= 0.6 is 11.6 Å². The van der Waals surface area contributed by atoms with Crippen molar-refractivity contribution < 1.29 is 0 Å². The first-order valence-electron chi connectivity index (χ1n) is 8.74. The van der Waals surface area contributed by atoms with Crippen LogP contribution in [0.1, 0.15) is 23.9 Å². The fourth-order valence-electron chi connectivity index (χ4n) is 2.97.